The molecule has 0 aliphatic heterocycles. The lowest BCUT2D eigenvalue weighted by molar-refractivity contribution is -0.145. The number of ether oxygens (including phenoxy) is 1. The molecule has 0 spiro atoms. The molecular weight excluding hydrogens is 323 g/mol. The standard InChI is InChI=1S/C17H16Cl2O3/c1-10-3-5-13(7-11(10)2)22-16(17(20)21)9-12-4-6-14(18)15(19)8-12/h3-8,16H,9H2,1-2H3,(H,20,21)/t16-/m0/s1. The summed E-state index contributed by atoms with van der Waals surface area (Å²) < 4.78 is 5.61. The van der Waals surface area contributed by atoms with E-state index in [1.54, 1.807) is 24.3 Å². The number of rotatable bonds is 5. The fraction of sp³-hybridized carbons (Fsp3) is 0.235. The highest BCUT2D eigenvalue weighted by molar-refractivity contribution is 6.42. The van der Waals surface area contributed by atoms with Crippen LogP contribution in [0.15, 0.2) is 36.4 Å². The molecule has 5 heteroatoms. The van der Waals surface area contributed by atoms with Gasteiger partial charge in [-0.1, -0.05) is 35.3 Å². The third kappa shape index (κ3) is 4.15. The molecule has 1 N–H and O–H groups in total. The Labute approximate surface area is 139 Å². The summed E-state index contributed by atoms with van der Waals surface area (Å²) in [5, 5.41) is 10.2. The van der Waals surface area contributed by atoms with Gasteiger partial charge in [0.1, 0.15) is 5.75 Å². The van der Waals surface area contributed by atoms with Gasteiger partial charge in [-0.3, -0.25) is 0 Å². The number of carboxylic acid groups (broad SMARTS) is 1. The van der Waals surface area contributed by atoms with Crippen molar-refractivity contribution in [3.05, 3.63) is 63.1 Å². The van der Waals surface area contributed by atoms with Gasteiger partial charge in [0.2, 0.25) is 0 Å². The highest BCUT2D eigenvalue weighted by Crippen LogP contribution is 2.24. The first kappa shape index (κ1) is 16.7. The van der Waals surface area contributed by atoms with E-state index in [1.165, 1.54) is 0 Å². The van der Waals surface area contributed by atoms with Gasteiger partial charge in [0.25, 0.3) is 0 Å². The van der Waals surface area contributed by atoms with Crippen LogP contribution in [0, 0.1) is 13.8 Å². The number of benzene rings is 2. The maximum Gasteiger partial charge on any atom is 0.345 e. The predicted molar refractivity (Wildman–Crippen MR) is 88.1 cm³/mol. The summed E-state index contributed by atoms with van der Waals surface area (Å²) in [6.07, 6.45) is -0.779. The van der Waals surface area contributed by atoms with Crippen LogP contribution in [0.3, 0.4) is 0 Å². The summed E-state index contributed by atoms with van der Waals surface area (Å²) in [7, 11) is 0. The molecule has 116 valence electrons. The van der Waals surface area contributed by atoms with Gasteiger partial charge < -0.3 is 9.84 Å². The second-order valence-corrected chi connectivity index (χ2v) is 5.96. The van der Waals surface area contributed by atoms with E-state index in [2.05, 4.69) is 0 Å². The molecular formula is C17H16Cl2O3. The van der Waals surface area contributed by atoms with Gasteiger partial charge in [-0.15, -0.1) is 0 Å². The van der Waals surface area contributed by atoms with Crippen LogP contribution < -0.4 is 4.74 Å². The third-order valence-electron chi connectivity index (χ3n) is 3.44. The Hall–Kier alpha value is -1.71. The second kappa shape index (κ2) is 7.03. The van der Waals surface area contributed by atoms with E-state index in [-0.39, 0.29) is 6.42 Å². The highest BCUT2D eigenvalue weighted by atomic mass is 35.5. The molecule has 0 bridgehead atoms. The largest absolute Gasteiger partial charge is 0.478 e. The molecule has 2 aromatic carbocycles. The van der Waals surface area contributed by atoms with E-state index in [0.29, 0.717) is 15.8 Å². The first-order valence-corrected chi connectivity index (χ1v) is 7.53. The normalized spacial score (nSPS) is 12.0. The topological polar surface area (TPSA) is 46.5 Å². The van der Waals surface area contributed by atoms with Crippen molar-refractivity contribution in [3.63, 3.8) is 0 Å². The lowest BCUT2D eigenvalue weighted by Crippen LogP contribution is -2.29. The van der Waals surface area contributed by atoms with E-state index in [9.17, 15) is 9.90 Å². The van der Waals surface area contributed by atoms with Gasteiger partial charge in [0.15, 0.2) is 6.10 Å². The number of hydrogen-bond donors (Lipinski definition) is 1. The molecule has 0 aromatic heterocycles. The first-order chi connectivity index (χ1) is 10.4. The molecule has 1 atom stereocenters. The van der Waals surface area contributed by atoms with Crippen LogP contribution in [0.25, 0.3) is 0 Å². The van der Waals surface area contributed by atoms with Crippen LogP contribution in [-0.4, -0.2) is 17.2 Å². The van der Waals surface area contributed by atoms with E-state index >= 15 is 0 Å². The molecule has 0 amide bonds. The molecule has 2 rings (SSSR count). The maximum absolute atomic E-state index is 11.4. The fourth-order valence-electron chi connectivity index (χ4n) is 2.01. The molecule has 0 heterocycles. The van der Waals surface area contributed by atoms with Crippen LogP contribution in [0.2, 0.25) is 10.0 Å². The van der Waals surface area contributed by atoms with E-state index < -0.39 is 12.1 Å². The molecule has 2 aromatic rings. The Kier molecular flexibility index (Phi) is 5.33. The molecule has 0 saturated carbocycles. The summed E-state index contributed by atoms with van der Waals surface area (Å²) in [4.78, 5) is 11.4. The molecule has 0 aliphatic rings. The lowest BCUT2D eigenvalue weighted by atomic mass is 10.1. The summed E-state index contributed by atoms with van der Waals surface area (Å²) in [5.41, 5.74) is 2.94. The van der Waals surface area contributed by atoms with Crippen LogP contribution in [-0.2, 0) is 11.2 Å². The summed E-state index contributed by atoms with van der Waals surface area (Å²) in [6, 6.07) is 10.6. The van der Waals surface area contributed by atoms with E-state index in [4.69, 9.17) is 27.9 Å². The van der Waals surface area contributed by atoms with Crippen LogP contribution in [0.1, 0.15) is 16.7 Å². The minimum atomic E-state index is -1.02. The minimum Gasteiger partial charge on any atom is -0.478 e. The van der Waals surface area contributed by atoms with Crippen molar-refractivity contribution in [2.45, 2.75) is 26.4 Å². The van der Waals surface area contributed by atoms with Crippen molar-refractivity contribution in [2.75, 3.05) is 0 Å². The van der Waals surface area contributed by atoms with Crippen molar-refractivity contribution >= 4 is 29.2 Å². The predicted octanol–water partition coefficient (Wildman–Crippen LogP) is 4.68. The first-order valence-electron chi connectivity index (χ1n) is 6.77. The van der Waals surface area contributed by atoms with Gasteiger partial charge >= 0.3 is 5.97 Å². The fourth-order valence-corrected chi connectivity index (χ4v) is 2.33. The van der Waals surface area contributed by atoms with Crippen LogP contribution >= 0.6 is 23.2 Å². The summed E-state index contributed by atoms with van der Waals surface area (Å²) in [5.74, 6) is -0.486. The summed E-state index contributed by atoms with van der Waals surface area (Å²) in [6.45, 7) is 3.94. The van der Waals surface area contributed by atoms with Gasteiger partial charge in [-0.2, -0.15) is 0 Å². The second-order valence-electron chi connectivity index (χ2n) is 5.14. The Morgan fingerprint density at radius 2 is 1.82 bits per heavy atom. The maximum atomic E-state index is 11.4. The Morgan fingerprint density at radius 1 is 1.09 bits per heavy atom. The zero-order valence-corrected chi connectivity index (χ0v) is 13.8. The quantitative estimate of drug-likeness (QED) is 0.860. The van der Waals surface area contributed by atoms with E-state index in [0.717, 1.165) is 16.7 Å². The molecule has 22 heavy (non-hydrogen) atoms. The average molecular weight is 339 g/mol. The van der Waals surface area contributed by atoms with Crippen LogP contribution in [0.5, 0.6) is 5.75 Å². The number of carboxylic acids is 1. The molecule has 3 nitrogen and oxygen atoms in total. The van der Waals surface area contributed by atoms with Crippen molar-refractivity contribution in [1.82, 2.24) is 0 Å². The average Bonchev–Trinajstić information content (AvgIpc) is 2.46. The smallest absolute Gasteiger partial charge is 0.345 e. The highest BCUT2D eigenvalue weighted by Gasteiger charge is 2.20. The number of hydrogen-bond acceptors (Lipinski definition) is 2. The number of halogens is 2. The van der Waals surface area contributed by atoms with E-state index in [1.807, 2.05) is 26.0 Å². The van der Waals surface area contributed by atoms with Crippen molar-refractivity contribution in [3.8, 4) is 5.75 Å². The number of carbonyl (C=O) groups is 1. The molecule has 0 unspecified atom stereocenters. The molecule has 0 saturated heterocycles. The third-order valence-corrected chi connectivity index (χ3v) is 4.18. The minimum absolute atomic E-state index is 0.207. The Morgan fingerprint density at radius 3 is 2.41 bits per heavy atom. The Balaban J connectivity index is 2.17. The molecule has 0 aliphatic carbocycles. The number of aryl methyl sites for hydroxylation is 2. The van der Waals surface area contributed by atoms with Crippen LogP contribution in [0.4, 0.5) is 0 Å². The Bertz CT molecular complexity index is 645. The molecule has 0 radical (unpaired) electrons. The zero-order chi connectivity index (χ0) is 16.3. The van der Waals surface area contributed by atoms with Crippen molar-refractivity contribution in [2.24, 2.45) is 0 Å². The molecule has 0 fully saturated rings. The van der Waals surface area contributed by atoms with Gasteiger partial charge in [-0.25, -0.2) is 4.79 Å². The van der Waals surface area contributed by atoms with Gasteiger partial charge in [0.05, 0.1) is 10.0 Å². The van der Waals surface area contributed by atoms with Gasteiger partial charge in [-0.05, 0) is 54.8 Å². The lowest BCUT2D eigenvalue weighted by Gasteiger charge is -2.16. The monoisotopic (exact) mass is 338 g/mol. The van der Waals surface area contributed by atoms with Crippen molar-refractivity contribution < 1.29 is 14.6 Å². The number of aliphatic carboxylic acids is 1. The zero-order valence-electron chi connectivity index (χ0n) is 12.3. The van der Waals surface area contributed by atoms with Crippen molar-refractivity contribution in [1.29, 1.82) is 0 Å². The van der Waals surface area contributed by atoms with Gasteiger partial charge in [0, 0.05) is 6.42 Å². The summed E-state index contributed by atoms with van der Waals surface area (Å²) >= 11 is 11.8. The SMILES string of the molecule is Cc1ccc(O[C@@H](Cc2ccc(Cl)c(Cl)c2)C(=O)O)cc1C.